The summed E-state index contributed by atoms with van der Waals surface area (Å²) in [6, 6.07) is 8.07. The Bertz CT molecular complexity index is 1200. The lowest BCUT2D eigenvalue weighted by molar-refractivity contribution is 0.354. The second-order valence-corrected chi connectivity index (χ2v) is 8.34. The van der Waals surface area contributed by atoms with Crippen LogP contribution in [0.1, 0.15) is 12.5 Å². The van der Waals surface area contributed by atoms with E-state index in [9.17, 15) is 13.2 Å². The number of oxazole rings is 1. The van der Waals surface area contributed by atoms with Gasteiger partial charge in [-0.15, -0.1) is 0 Å². The molecule has 8 nitrogen and oxygen atoms in total. The van der Waals surface area contributed by atoms with Crippen LogP contribution in [-0.2, 0) is 23.0 Å². The van der Waals surface area contributed by atoms with E-state index < -0.39 is 15.8 Å². The lowest BCUT2D eigenvalue weighted by Gasteiger charge is -2.11. The fraction of sp³-hybridized carbons (Fsp3) is 0.316. The lowest BCUT2D eigenvalue weighted by atomic mass is 10.1. The highest BCUT2D eigenvalue weighted by Gasteiger charge is 2.21. The topological polar surface area (TPSA) is 99.8 Å². The van der Waals surface area contributed by atoms with Gasteiger partial charge in [0.1, 0.15) is 4.90 Å². The second-order valence-electron chi connectivity index (χ2n) is 6.20. The molecule has 0 amide bonds. The molecule has 0 atom stereocenters. The van der Waals surface area contributed by atoms with E-state index in [0.29, 0.717) is 30.0 Å². The van der Waals surface area contributed by atoms with Crippen LogP contribution < -0.4 is 20.0 Å². The molecule has 0 saturated heterocycles. The maximum Gasteiger partial charge on any atom is 0.419 e. The molecule has 3 aromatic rings. The maximum atomic E-state index is 12.7. The van der Waals surface area contributed by atoms with Crippen LogP contribution in [0, 0.1) is 0 Å². The SMILES string of the molecule is CCn1c(=O)oc2cc(S(=O)(=O)NCCc3ccc(OC)c(OC)c3)c(Cl)cc21. The molecule has 29 heavy (non-hydrogen) atoms. The minimum absolute atomic E-state index is 0.0131. The van der Waals surface area contributed by atoms with Gasteiger partial charge in [-0.3, -0.25) is 4.57 Å². The summed E-state index contributed by atoms with van der Waals surface area (Å²) in [5.74, 6) is 0.601. The predicted octanol–water partition coefficient (Wildman–Crippen LogP) is 2.81. The Hall–Kier alpha value is -2.49. The molecule has 0 aliphatic heterocycles. The first kappa shape index (κ1) is 21.2. The second kappa shape index (κ2) is 8.48. The monoisotopic (exact) mass is 440 g/mol. The smallest absolute Gasteiger partial charge is 0.419 e. The summed E-state index contributed by atoms with van der Waals surface area (Å²) < 4.78 is 44.9. The minimum Gasteiger partial charge on any atom is -0.493 e. The first-order chi connectivity index (χ1) is 13.8. The molecule has 0 unspecified atom stereocenters. The van der Waals surface area contributed by atoms with E-state index in [1.807, 2.05) is 6.07 Å². The zero-order valence-corrected chi connectivity index (χ0v) is 17.8. The number of halogens is 1. The summed E-state index contributed by atoms with van der Waals surface area (Å²) in [6.45, 7) is 2.31. The molecule has 156 valence electrons. The van der Waals surface area contributed by atoms with Crippen molar-refractivity contribution in [2.75, 3.05) is 20.8 Å². The van der Waals surface area contributed by atoms with Crippen LogP contribution in [0.15, 0.2) is 44.4 Å². The van der Waals surface area contributed by atoms with Crippen LogP contribution in [0.25, 0.3) is 11.1 Å². The van der Waals surface area contributed by atoms with Gasteiger partial charge in [-0.25, -0.2) is 17.9 Å². The molecule has 0 fully saturated rings. The van der Waals surface area contributed by atoms with Gasteiger partial charge >= 0.3 is 5.76 Å². The number of sulfonamides is 1. The molecule has 1 heterocycles. The average molecular weight is 441 g/mol. The Balaban J connectivity index is 1.79. The van der Waals surface area contributed by atoms with Gasteiger partial charge in [-0.05, 0) is 37.1 Å². The van der Waals surface area contributed by atoms with E-state index in [1.165, 1.54) is 23.8 Å². The van der Waals surface area contributed by atoms with Gasteiger partial charge in [0, 0.05) is 19.2 Å². The number of hydrogen-bond acceptors (Lipinski definition) is 6. The minimum atomic E-state index is -3.90. The Morgan fingerprint density at radius 1 is 1.14 bits per heavy atom. The molecule has 2 aromatic carbocycles. The van der Waals surface area contributed by atoms with Crippen molar-refractivity contribution in [1.29, 1.82) is 0 Å². The highest BCUT2D eigenvalue weighted by atomic mass is 35.5. The molecule has 10 heteroatoms. The van der Waals surface area contributed by atoms with E-state index in [2.05, 4.69) is 4.72 Å². The maximum absolute atomic E-state index is 12.7. The molecule has 0 radical (unpaired) electrons. The molecule has 0 saturated carbocycles. The van der Waals surface area contributed by atoms with Crippen molar-refractivity contribution < 1.29 is 22.3 Å². The van der Waals surface area contributed by atoms with Gasteiger partial charge in [0.15, 0.2) is 17.1 Å². The van der Waals surface area contributed by atoms with Crippen molar-refractivity contribution >= 4 is 32.7 Å². The third kappa shape index (κ3) is 4.26. The molecule has 1 aromatic heterocycles. The molecule has 0 aliphatic carbocycles. The fourth-order valence-corrected chi connectivity index (χ4v) is 4.58. The van der Waals surface area contributed by atoms with E-state index in [4.69, 9.17) is 25.5 Å². The van der Waals surface area contributed by atoms with Crippen molar-refractivity contribution in [2.24, 2.45) is 0 Å². The van der Waals surface area contributed by atoms with E-state index in [-0.39, 0.29) is 22.0 Å². The summed E-state index contributed by atoms with van der Waals surface area (Å²) in [7, 11) is -0.822. The Labute approximate surface area is 173 Å². The molecular weight excluding hydrogens is 420 g/mol. The Morgan fingerprint density at radius 3 is 2.52 bits per heavy atom. The first-order valence-corrected chi connectivity index (χ1v) is 10.7. The van der Waals surface area contributed by atoms with E-state index in [0.717, 1.165) is 5.56 Å². The summed E-state index contributed by atoms with van der Waals surface area (Å²) in [4.78, 5) is 11.7. The van der Waals surface area contributed by atoms with Gasteiger partial charge in [-0.1, -0.05) is 17.7 Å². The molecular formula is C19H21ClN2O6S. The van der Waals surface area contributed by atoms with Crippen molar-refractivity contribution in [1.82, 2.24) is 9.29 Å². The van der Waals surface area contributed by atoms with Crippen LogP contribution in [-0.4, -0.2) is 33.7 Å². The largest absolute Gasteiger partial charge is 0.493 e. The number of benzene rings is 2. The summed E-state index contributed by atoms with van der Waals surface area (Å²) in [5, 5.41) is 0.0131. The predicted molar refractivity (Wildman–Crippen MR) is 110 cm³/mol. The quantitative estimate of drug-likeness (QED) is 0.578. The summed E-state index contributed by atoms with van der Waals surface area (Å²) in [5.41, 5.74) is 1.49. The normalized spacial score (nSPS) is 11.7. The van der Waals surface area contributed by atoms with Crippen LogP contribution in [0.5, 0.6) is 11.5 Å². The van der Waals surface area contributed by atoms with Crippen molar-refractivity contribution in [3.63, 3.8) is 0 Å². The van der Waals surface area contributed by atoms with Crippen molar-refractivity contribution in [2.45, 2.75) is 24.8 Å². The van der Waals surface area contributed by atoms with Crippen LogP contribution in [0.3, 0.4) is 0 Å². The molecule has 0 spiro atoms. The number of aromatic nitrogens is 1. The van der Waals surface area contributed by atoms with Gasteiger partial charge in [0.25, 0.3) is 0 Å². The lowest BCUT2D eigenvalue weighted by Crippen LogP contribution is -2.26. The number of aryl methyl sites for hydroxylation is 1. The third-order valence-corrected chi connectivity index (χ3v) is 6.41. The third-order valence-electron chi connectivity index (χ3n) is 4.48. The van der Waals surface area contributed by atoms with Gasteiger partial charge in [-0.2, -0.15) is 0 Å². The van der Waals surface area contributed by atoms with Crippen molar-refractivity contribution in [3.05, 3.63) is 51.5 Å². The summed E-state index contributed by atoms with van der Waals surface area (Å²) in [6.07, 6.45) is 0.431. The Kier molecular flexibility index (Phi) is 6.21. The number of nitrogens with one attached hydrogen (secondary N) is 1. The van der Waals surface area contributed by atoms with Gasteiger partial charge in [0.2, 0.25) is 10.0 Å². The number of hydrogen-bond donors (Lipinski definition) is 1. The number of rotatable bonds is 8. The number of ether oxygens (including phenoxy) is 2. The molecule has 1 N–H and O–H groups in total. The first-order valence-electron chi connectivity index (χ1n) is 8.84. The zero-order chi connectivity index (χ0) is 21.2. The van der Waals surface area contributed by atoms with Crippen molar-refractivity contribution in [3.8, 4) is 11.5 Å². The van der Waals surface area contributed by atoms with E-state index in [1.54, 1.807) is 26.2 Å². The van der Waals surface area contributed by atoms with Crippen LogP contribution >= 0.6 is 11.6 Å². The standard InChI is InChI=1S/C19H21ClN2O6S/c1-4-22-14-10-13(20)18(11-16(14)28-19(22)23)29(24,25)21-8-7-12-5-6-15(26-2)17(9-12)27-3/h5-6,9-11,21H,4,7-8H2,1-3H3. The molecule has 0 bridgehead atoms. The Morgan fingerprint density at radius 2 is 1.86 bits per heavy atom. The number of nitrogens with zero attached hydrogens (tertiary/aromatic N) is 1. The highest BCUT2D eigenvalue weighted by molar-refractivity contribution is 7.89. The van der Waals surface area contributed by atoms with Crippen LogP contribution in [0.4, 0.5) is 0 Å². The number of methoxy groups -OCH3 is 2. The van der Waals surface area contributed by atoms with Gasteiger partial charge in [0.05, 0.1) is 24.8 Å². The summed E-state index contributed by atoms with van der Waals surface area (Å²) >= 11 is 6.19. The molecule has 3 rings (SSSR count). The van der Waals surface area contributed by atoms with E-state index >= 15 is 0 Å². The molecule has 0 aliphatic rings. The fourth-order valence-electron chi connectivity index (χ4n) is 3.01. The van der Waals surface area contributed by atoms with Crippen LogP contribution in [0.2, 0.25) is 5.02 Å². The average Bonchev–Trinajstić information content (AvgIpc) is 3.00. The highest BCUT2D eigenvalue weighted by Crippen LogP contribution is 2.29. The number of fused-ring (bicyclic) bond motifs is 1. The zero-order valence-electron chi connectivity index (χ0n) is 16.2. The van der Waals surface area contributed by atoms with Gasteiger partial charge < -0.3 is 13.9 Å².